The van der Waals surface area contributed by atoms with Crippen LogP contribution in [0.2, 0.25) is 0 Å². The van der Waals surface area contributed by atoms with Crippen molar-refractivity contribution in [3.63, 3.8) is 0 Å². The molecule has 0 bridgehead atoms. The summed E-state index contributed by atoms with van der Waals surface area (Å²) in [5, 5.41) is 2.49. The Balaban J connectivity index is 2.24. The second-order valence-electron chi connectivity index (χ2n) is 3.46. The lowest BCUT2D eigenvalue weighted by Crippen LogP contribution is -2.02. The second kappa shape index (κ2) is 4.86. The van der Waals surface area contributed by atoms with Crippen molar-refractivity contribution in [1.82, 2.24) is 9.97 Å². The summed E-state index contributed by atoms with van der Waals surface area (Å²) in [7, 11) is -4.28. The molecule has 0 saturated heterocycles. The van der Waals surface area contributed by atoms with Crippen LogP contribution in [0.1, 0.15) is 0 Å². The quantitative estimate of drug-likeness (QED) is 0.660. The van der Waals surface area contributed by atoms with Crippen LogP contribution in [0.3, 0.4) is 0 Å². The summed E-state index contributed by atoms with van der Waals surface area (Å²) in [4.78, 5) is 6.31. The van der Waals surface area contributed by atoms with Gasteiger partial charge < -0.3 is 5.32 Å². The van der Waals surface area contributed by atoms with Crippen LogP contribution < -0.4 is 5.32 Å². The van der Waals surface area contributed by atoms with Crippen molar-refractivity contribution in [3.8, 4) is 0 Å². The molecule has 9 heteroatoms. The molecule has 2 N–H and O–H groups in total. The average molecular weight is 287 g/mol. The van der Waals surface area contributed by atoms with Crippen LogP contribution in [0.25, 0.3) is 0 Å². The van der Waals surface area contributed by atoms with E-state index in [4.69, 9.17) is 4.55 Å². The molecule has 0 saturated carbocycles. The van der Waals surface area contributed by atoms with E-state index in [9.17, 15) is 17.2 Å². The minimum atomic E-state index is -4.28. The normalized spacial score (nSPS) is 11.3. The molecular formula is C10H7F2N3O3S. The number of nitrogens with one attached hydrogen (secondary N) is 1. The van der Waals surface area contributed by atoms with Gasteiger partial charge in [-0.3, -0.25) is 4.55 Å². The number of rotatable bonds is 3. The highest BCUT2D eigenvalue weighted by Gasteiger charge is 2.09. The lowest BCUT2D eigenvalue weighted by Gasteiger charge is -2.05. The van der Waals surface area contributed by atoms with E-state index in [1.165, 1.54) is 12.1 Å². The standard InChI is InChI=1S/C10H7F2N3O3S/c11-8-5-9(12)15-10(14-8)13-6-1-3-7(4-2-6)19(16,17)18/h1-5H,(H,13,14,15)(H,16,17,18). The Morgan fingerprint density at radius 1 is 1.05 bits per heavy atom. The number of anilines is 2. The van der Waals surface area contributed by atoms with Crippen LogP contribution in [0.5, 0.6) is 0 Å². The molecule has 0 aliphatic heterocycles. The topological polar surface area (TPSA) is 92.2 Å². The molecule has 19 heavy (non-hydrogen) atoms. The van der Waals surface area contributed by atoms with Crippen molar-refractivity contribution in [2.45, 2.75) is 4.90 Å². The minimum absolute atomic E-state index is 0.301. The SMILES string of the molecule is O=S(=O)(O)c1ccc(Nc2nc(F)cc(F)n2)cc1. The molecule has 0 amide bonds. The first-order valence-corrected chi connectivity index (χ1v) is 6.33. The predicted octanol–water partition coefficient (Wildman–Crippen LogP) is 1.75. The third-order valence-electron chi connectivity index (χ3n) is 2.07. The number of benzene rings is 1. The van der Waals surface area contributed by atoms with E-state index in [0.717, 1.165) is 12.1 Å². The smallest absolute Gasteiger partial charge is 0.294 e. The number of hydrogen-bond acceptors (Lipinski definition) is 5. The van der Waals surface area contributed by atoms with E-state index in [1.54, 1.807) is 0 Å². The Morgan fingerprint density at radius 3 is 2.05 bits per heavy atom. The molecule has 6 nitrogen and oxygen atoms in total. The number of aromatic nitrogens is 2. The summed E-state index contributed by atoms with van der Waals surface area (Å²) in [5.41, 5.74) is 0.303. The Bertz CT molecular complexity index is 684. The molecule has 0 atom stereocenters. The summed E-state index contributed by atoms with van der Waals surface area (Å²) in [6, 6.07) is 5.33. The fourth-order valence-corrected chi connectivity index (χ4v) is 1.77. The molecule has 2 aromatic rings. The van der Waals surface area contributed by atoms with Gasteiger partial charge in [0.1, 0.15) is 0 Å². The van der Waals surface area contributed by atoms with Gasteiger partial charge in [0.05, 0.1) is 4.90 Å². The number of hydrogen-bond donors (Lipinski definition) is 2. The molecule has 1 heterocycles. The molecule has 0 radical (unpaired) electrons. The Labute approximate surface area is 106 Å². The molecule has 0 spiro atoms. The van der Waals surface area contributed by atoms with Crippen molar-refractivity contribution in [1.29, 1.82) is 0 Å². The first-order valence-electron chi connectivity index (χ1n) is 4.89. The highest BCUT2D eigenvalue weighted by Crippen LogP contribution is 2.16. The molecule has 0 fully saturated rings. The lowest BCUT2D eigenvalue weighted by atomic mass is 10.3. The van der Waals surface area contributed by atoms with Gasteiger partial charge in [-0.1, -0.05) is 0 Å². The van der Waals surface area contributed by atoms with Crippen LogP contribution >= 0.6 is 0 Å². The van der Waals surface area contributed by atoms with Gasteiger partial charge in [-0.05, 0) is 24.3 Å². The molecular weight excluding hydrogens is 280 g/mol. The minimum Gasteiger partial charge on any atom is -0.324 e. The third kappa shape index (κ3) is 3.42. The zero-order valence-corrected chi connectivity index (χ0v) is 10.0. The predicted molar refractivity (Wildman–Crippen MR) is 61.5 cm³/mol. The van der Waals surface area contributed by atoms with Crippen LogP contribution in [-0.4, -0.2) is 22.9 Å². The van der Waals surface area contributed by atoms with E-state index in [2.05, 4.69) is 15.3 Å². The summed E-state index contributed by atoms with van der Waals surface area (Å²) >= 11 is 0. The average Bonchev–Trinajstić information content (AvgIpc) is 2.26. The van der Waals surface area contributed by atoms with Gasteiger partial charge in [0, 0.05) is 11.8 Å². The molecule has 100 valence electrons. The van der Waals surface area contributed by atoms with Crippen molar-refractivity contribution in [2.24, 2.45) is 0 Å². The summed E-state index contributed by atoms with van der Waals surface area (Å²) in [5.74, 6) is -2.38. The highest BCUT2D eigenvalue weighted by atomic mass is 32.2. The molecule has 0 unspecified atom stereocenters. The maximum Gasteiger partial charge on any atom is 0.294 e. The van der Waals surface area contributed by atoms with Gasteiger partial charge in [0.15, 0.2) is 0 Å². The first-order chi connectivity index (χ1) is 8.84. The fraction of sp³-hybridized carbons (Fsp3) is 0. The van der Waals surface area contributed by atoms with Gasteiger partial charge in [-0.2, -0.15) is 27.2 Å². The molecule has 2 rings (SSSR count). The Hall–Kier alpha value is -2.13. The van der Waals surface area contributed by atoms with Gasteiger partial charge >= 0.3 is 0 Å². The van der Waals surface area contributed by atoms with Crippen molar-refractivity contribution >= 4 is 21.8 Å². The summed E-state index contributed by atoms with van der Waals surface area (Å²) in [6.45, 7) is 0. The van der Waals surface area contributed by atoms with Gasteiger partial charge in [-0.15, -0.1) is 0 Å². The fourth-order valence-electron chi connectivity index (χ4n) is 1.29. The van der Waals surface area contributed by atoms with Crippen molar-refractivity contribution in [2.75, 3.05) is 5.32 Å². The lowest BCUT2D eigenvalue weighted by molar-refractivity contribution is 0.483. The van der Waals surface area contributed by atoms with Crippen LogP contribution in [0, 0.1) is 11.9 Å². The van der Waals surface area contributed by atoms with E-state index < -0.39 is 22.0 Å². The van der Waals surface area contributed by atoms with E-state index in [1.807, 2.05) is 0 Å². The monoisotopic (exact) mass is 287 g/mol. The maximum atomic E-state index is 12.8. The first kappa shape index (κ1) is 13.3. The van der Waals surface area contributed by atoms with E-state index in [0.29, 0.717) is 11.8 Å². The zero-order chi connectivity index (χ0) is 14.0. The number of nitrogens with zero attached hydrogens (tertiary/aromatic N) is 2. The summed E-state index contributed by atoms with van der Waals surface area (Å²) in [6.07, 6.45) is 0. The van der Waals surface area contributed by atoms with E-state index in [-0.39, 0.29) is 10.8 Å². The molecule has 1 aromatic carbocycles. The van der Waals surface area contributed by atoms with Gasteiger partial charge in [0.2, 0.25) is 17.8 Å². The van der Waals surface area contributed by atoms with Crippen LogP contribution in [-0.2, 0) is 10.1 Å². The molecule has 0 aliphatic rings. The van der Waals surface area contributed by atoms with Crippen LogP contribution in [0.15, 0.2) is 35.2 Å². The molecule has 0 aliphatic carbocycles. The number of halogens is 2. The third-order valence-corrected chi connectivity index (χ3v) is 2.94. The van der Waals surface area contributed by atoms with Crippen molar-refractivity contribution < 1.29 is 21.8 Å². The second-order valence-corrected chi connectivity index (χ2v) is 4.88. The van der Waals surface area contributed by atoms with Crippen molar-refractivity contribution in [3.05, 3.63) is 42.2 Å². The van der Waals surface area contributed by atoms with E-state index >= 15 is 0 Å². The Kier molecular flexibility index (Phi) is 3.40. The highest BCUT2D eigenvalue weighted by molar-refractivity contribution is 7.85. The largest absolute Gasteiger partial charge is 0.324 e. The zero-order valence-electron chi connectivity index (χ0n) is 9.21. The van der Waals surface area contributed by atoms with Crippen LogP contribution in [0.4, 0.5) is 20.4 Å². The Morgan fingerprint density at radius 2 is 1.58 bits per heavy atom. The van der Waals surface area contributed by atoms with Gasteiger partial charge in [-0.25, -0.2) is 0 Å². The molecule has 1 aromatic heterocycles. The van der Waals surface area contributed by atoms with Gasteiger partial charge in [0.25, 0.3) is 10.1 Å². The summed E-state index contributed by atoms with van der Waals surface area (Å²) < 4.78 is 56.0. The maximum absolute atomic E-state index is 12.8.